The molecule has 5 heteroatoms. The van der Waals surface area contributed by atoms with Crippen LogP contribution in [-0.4, -0.2) is 39.3 Å². The summed E-state index contributed by atoms with van der Waals surface area (Å²) in [5, 5.41) is 4.62. The van der Waals surface area contributed by atoms with Crippen LogP contribution in [0.3, 0.4) is 0 Å². The first-order chi connectivity index (χ1) is 14.2. The first-order valence-corrected chi connectivity index (χ1v) is 11.3. The Kier molecular flexibility index (Phi) is 4.72. The van der Waals surface area contributed by atoms with Crippen molar-refractivity contribution in [1.29, 1.82) is 0 Å². The summed E-state index contributed by atoms with van der Waals surface area (Å²) < 4.78 is 6.71. The predicted molar refractivity (Wildman–Crippen MR) is 121 cm³/mol. The van der Waals surface area contributed by atoms with Crippen molar-refractivity contribution in [1.82, 2.24) is 13.8 Å². The second-order valence-electron chi connectivity index (χ2n) is 7.73. The Labute approximate surface area is 174 Å². The van der Waals surface area contributed by atoms with E-state index in [-0.39, 0.29) is 5.78 Å². The molecule has 0 unspecified atom stereocenters. The molecule has 0 saturated carbocycles. The molecular formula is C24H25N3OS. The quantitative estimate of drug-likeness (QED) is 0.433. The van der Waals surface area contributed by atoms with Crippen molar-refractivity contribution in [3.8, 4) is 11.1 Å². The normalized spacial score (nSPS) is 13.8. The summed E-state index contributed by atoms with van der Waals surface area (Å²) in [7, 11) is 0. The van der Waals surface area contributed by atoms with Gasteiger partial charge >= 0.3 is 0 Å². The molecule has 0 fully saturated rings. The van der Waals surface area contributed by atoms with Crippen LogP contribution in [0.1, 0.15) is 36.2 Å². The Morgan fingerprint density at radius 3 is 2.66 bits per heavy atom. The fourth-order valence-corrected chi connectivity index (χ4v) is 5.25. The Balaban J connectivity index is 1.74. The third kappa shape index (κ3) is 3.00. The lowest BCUT2D eigenvalue weighted by atomic mass is 10.0. The average molecular weight is 404 g/mol. The van der Waals surface area contributed by atoms with Crippen LogP contribution in [0.5, 0.6) is 0 Å². The number of carbonyl (C=O) groups excluding carboxylic acids is 1. The lowest BCUT2D eigenvalue weighted by Crippen LogP contribution is -2.26. The van der Waals surface area contributed by atoms with Gasteiger partial charge in [-0.2, -0.15) is 0 Å². The molecule has 2 aromatic heterocycles. The maximum Gasteiger partial charge on any atom is 0.163 e. The van der Waals surface area contributed by atoms with Crippen LogP contribution in [-0.2, 0) is 13.0 Å². The summed E-state index contributed by atoms with van der Waals surface area (Å²) in [5.74, 6) is 0.282. The van der Waals surface area contributed by atoms with E-state index in [1.807, 2.05) is 12.3 Å². The van der Waals surface area contributed by atoms with E-state index in [0.717, 1.165) is 43.7 Å². The van der Waals surface area contributed by atoms with E-state index < -0.39 is 0 Å². The van der Waals surface area contributed by atoms with Crippen LogP contribution in [0.4, 0.5) is 0 Å². The average Bonchev–Trinajstić information content (AvgIpc) is 3.47. The van der Waals surface area contributed by atoms with Gasteiger partial charge in [-0.25, -0.2) is 4.37 Å². The Morgan fingerprint density at radius 1 is 1.07 bits per heavy atom. The van der Waals surface area contributed by atoms with Crippen molar-refractivity contribution >= 4 is 39.1 Å². The highest BCUT2D eigenvalue weighted by atomic mass is 32.1. The lowest BCUT2D eigenvalue weighted by Gasteiger charge is -2.19. The molecule has 2 aromatic carbocycles. The highest BCUT2D eigenvalue weighted by Crippen LogP contribution is 2.38. The summed E-state index contributed by atoms with van der Waals surface area (Å²) >= 11 is 1.48. The van der Waals surface area contributed by atoms with Gasteiger partial charge in [0, 0.05) is 64.0 Å². The van der Waals surface area contributed by atoms with E-state index >= 15 is 0 Å². The minimum absolute atomic E-state index is 0.282. The molecular weight excluding hydrogens is 378 g/mol. The van der Waals surface area contributed by atoms with Gasteiger partial charge in [0.25, 0.3) is 0 Å². The van der Waals surface area contributed by atoms with Gasteiger partial charge in [0.1, 0.15) is 0 Å². The van der Waals surface area contributed by atoms with Gasteiger partial charge in [-0.05, 0) is 66.4 Å². The third-order valence-corrected chi connectivity index (χ3v) is 6.93. The van der Waals surface area contributed by atoms with E-state index in [9.17, 15) is 4.79 Å². The number of fused-ring (bicyclic) bond motifs is 5. The number of hydrogen-bond acceptors (Lipinski definition) is 4. The minimum Gasteiger partial charge on any atom is -0.339 e. The number of ketones is 1. The van der Waals surface area contributed by atoms with E-state index in [4.69, 9.17) is 0 Å². The van der Waals surface area contributed by atoms with E-state index in [1.165, 1.54) is 44.5 Å². The SMILES string of the molecule is CCN(CC)CCn1c2ccc(-c3cnsc3)cc2c2c3c(ccc21)C(=O)CC3. The topological polar surface area (TPSA) is 38.1 Å². The maximum atomic E-state index is 12.4. The van der Waals surface area contributed by atoms with Crippen LogP contribution >= 0.6 is 11.5 Å². The molecule has 148 valence electrons. The van der Waals surface area contributed by atoms with Gasteiger partial charge in [-0.1, -0.05) is 19.9 Å². The third-order valence-electron chi connectivity index (χ3n) is 6.34. The summed E-state index contributed by atoms with van der Waals surface area (Å²) in [4.78, 5) is 14.8. The Hall–Kier alpha value is -2.50. The summed E-state index contributed by atoms with van der Waals surface area (Å²) in [6.45, 7) is 8.54. The summed E-state index contributed by atoms with van der Waals surface area (Å²) in [6, 6.07) is 10.9. The molecule has 0 spiro atoms. The largest absolute Gasteiger partial charge is 0.339 e. The van der Waals surface area contributed by atoms with Gasteiger partial charge in [0.15, 0.2) is 5.78 Å². The molecule has 2 heterocycles. The number of likely N-dealkylation sites (N-methyl/N-ethyl adjacent to an activating group) is 1. The molecule has 0 radical (unpaired) electrons. The second-order valence-corrected chi connectivity index (χ2v) is 8.39. The lowest BCUT2D eigenvalue weighted by molar-refractivity contribution is 0.0994. The zero-order chi connectivity index (χ0) is 20.0. The fourth-order valence-electron chi connectivity index (χ4n) is 4.71. The highest BCUT2D eigenvalue weighted by molar-refractivity contribution is 7.03. The zero-order valence-electron chi connectivity index (χ0n) is 16.9. The molecule has 0 saturated heterocycles. The van der Waals surface area contributed by atoms with Crippen LogP contribution in [0.2, 0.25) is 0 Å². The number of carbonyl (C=O) groups is 1. The predicted octanol–water partition coefficient (Wildman–Crippen LogP) is 5.39. The monoisotopic (exact) mass is 403 g/mol. The highest BCUT2D eigenvalue weighted by Gasteiger charge is 2.25. The van der Waals surface area contributed by atoms with Crippen LogP contribution in [0.25, 0.3) is 32.9 Å². The van der Waals surface area contributed by atoms with Crippen molar-refractivity contribution in [3.05, 3.63) is 53.0 Å². The smallest absolute Gasteiger partial charge is 0.163 e. The Bertz CT molecular complexity index is 1200. The Morgan fingerprint density at radius 2 is 1.90 bits per heavy atom. The molecule has 5 rings (SSSR count). The van der Waals surface area contributed by atoms with E-state index in [2.05, 4.69) is 57.3 Å². The van der Waals surface area contributed by atoms with Crippen LogP contribution in [0.15, 0.2) is 41.9 Å². The number of nitrogens with zero attached hydrogens (tertiary/aromatic N) is 3. The van der Waals surface area contributed by atoms with Gasteiger partial charge in [-0.3, -0.25) is 4.79 Å². The number of Topliss-reactive ketones (excluding diaryl/α,β-unsaturated/α-hetero) is 1. The van der Waals surface area contributed by atoms with Crippen LogP contribution < -0.4 is 0 Å². The minimum atomic E-state index is 0.282. The number of benzene rings is 2. The molecule has 0 amide bonds. The van der Waals surface area contributed by atoms with Gasteiger partial charge < -0.3 is 9.47 Å². The van der Waals surface area contributed by atoms with Crippen LogP contribution in [0, 0.1) is 0 Å². The summed E-state index contributed by atoms with van der Waals surface area (Å²) in [5.41, 5.74) is 7.01. The van der Waals surface area contributed by atoms with Crippen molar-refractivity contribution in [2.45, 2.75) is 33.2 Å². The van der Waals surface area contributed by atoms with Crippen molar-refractivity contribution in [2.75, 3.05) is 19.6 Å². The fraction of sp³-hybridized carbons (Fsp3) is 0.333. The molecule has 4 aromatic rings. The van der Waals surface area contributed by atoms with E-state index in [1.54, 1.807) is 0 Å². The van der Waals surface area contributed by atoms with E-state index in [0.29, 0.717) is 6.42 Å². The number of rotatable bonds is 6. The number of aryl methyl sites for hydroxylation is 1. The van der Waals surface area contributed by atoms with Gasteiger partial charge in [-0.15, -0.1) is 0 Å². The number of aromatic nitrogens is 2. The molecule has 0 aliphatic heterocycles. The first-order valence-electron chi connectivity index (χ1n) is 10.4. The van der Waals surface area contributed by atoms with Gasteiger partial charge in [0.2, 0.25) is 0 Å². The summed E-state index contributed by atoms with van der Waals surface area (Å²) in [6.07, 6.45) is 3.42. The molecule has 0 N–H and O–H groups in total. The second kappa shape index (κ2) is 7.39. The molecule has 0 atom stereocenters. The van der Waals surface area contributed by atoms with Gasteiger partial charge in [0.05, 0.1) is 0 Å². The standard InChI is InChI=1S/C24H25N3OS/c1-3-26(4-2)11-12-27-21-8-5-16(17-14-25-29-15-17)13-20(21)24-19-7-10-23(28)18(19)6-9-22(24)27/h5-6,8-9,13-15H,3-4,7,10-12H2,1-2H3. The molecule has 1 aliphatic rings. The molecule has 29 heavy (non-hydrogen) atoms. The zero-order valence-corrected chi connectivity index (χ0v) is 17.8. The maximum absolute atomic E-state index is 12.4. The molecule has 1 aliphatic carbocycles. The van der Waals surface area contributed by atoms with Crippen molar-refractivity contribution < 1.29 is 4.79 Å². The van der Waals surface area contributed by atoms with Crippen molar-refractivity contribution in [3.63, 3.8) is 0 Å². The van der Waals surface area contributed by atoms with Crippen molar-refractivity contribution in [2.24, 2.45) is 0 Å². The first kappa shape index (κ1) is 18.5. The number of hydrogen-bond donors (Lipinski definition) is 0. The molecule has 4 nitrogen and oxygen atoms in total. The molecule has 0 bridgehead atoms.